The molecule has 0 radical (unpaired) electrons. The quantitative estimate of drug-likeness (QED) is 0.182. The fraction of sp³-hybridized carbons (Fsp3) is 0. The molecule has 0 N–H and O–H groups in total. The van der Waals surface area contributed by atoms with Crippen LogP contribution < -0.4 is 4.90 Å². The second-order valence-corrected chi connectivity index (χ2v) is 13.7. The van der Waals surface area contributed by atoms with Crippen LogP contribution in [0.5, 0.6) is 0 Å². The summed E-state index contributed by atoms with van der Waals surface area (Å²) in [7, 11) is 0. The fourth-order valence-electron chi connectivity index (χ4n) is 8.20. The highest BCUT2D eigenvalue weighted by molar-refractivity contribution is 6.16. The maximum Gasteiger partial charge on any atom is 0.143 e. The third-order valence-corrected chi connectivity index (χ3v) is 10.7. The Hall–Kier alpha value is -7.10. The summed E-state index contributed by atoms with van der Waals surface area (Å²) in [6, 6.07) is 66.9. The summed E-state index contributed by atoms with van der Waals surface area (Å²) in [5.74, 6) is 0. The summed E-state index contributed by atoms with van der Waals surface area (Å²) >= 11 is 0. The van der Waals surface area contributed by atoms with Gasteiger partial charge in [-0.3, -0.25) is 0 Å². The molecule has 2 heterocycles. The molecule has 2 aromatic heterocycles. The molecule has 0 fully saturated rings. The molecule has 0 saturated carbocycles. The number of para-hydroxylation sites is 2. The zero-order valence-corrected chi connectivity index (χ0v) is 28.7. The second kappa shape index (κ2) is 11.7. The van der Waals surface area contributed by atoms with Gasteiger partial charge in [-0.25, -0.2) is 0 Å². The van der Waals surface area contributed by atoms with Gasteiger partial charge in [0.15, 0.2) is 0 Å². The van der Waals surface area contributed by atoms with Crippen LogP contribution in [-0.2, 0) is 0 Å². The molecule has 0 bridgehead atoms. The highest BCUT2D eigenvalue weighted by Crippen LogP contribution is 2.45. The van der Waals surface area contributed by atoms with E-state index in [1.165, 1.54) is 16.2 Å². The summed E-state index contributed by atoms with van der Waals surface area (Å²) in [6.07, 6.45) is 0. The molecule has 0 aliphatic carbocycles. The van der Waals surface area contributed by atoms with Gasteiger partial charge in [-0.1, -0.05) is 133 Å². The van der Waals surface area contributed by atoms with Crippen LogP contribution in [0.1, 0.15) is 0 Å². The van der Waals surface area contributed by atoms with Gasteiger partial charge in [-0.05, 0) is 82.1 Å². The van der Waals surface area contributed by atoms with E-state index in [2.05, 4.69) is 181 Å². The van der Waals surface area contributed by atoms with Gasteiger partial charge in [0, 0.05) is 43.6 Å². The lowest BCUT2D eigenvalue weighted by Crippen LogP contribution is -2.11. The standard InChI is InChI=1S/C50H31NO2/c1-3-14-37-32(11-1)13-9-20-45(37)51(36-27-23-34(24-28-36)39-18-10-22-48-49(39)42-17-6-8-21-46(42)52-48)44-19-7-5-15-38(44)35-26-30-47-43(31-35)41-29-25-33-12-2-4-16-40(33)50(41)53-47/h1-31H. The summed E-state index contributed by atoms with van der Waals surface area (Å²) < 4.78 is 12.7. The number of hydrogen-bond donors (Lipinski definition) is 0. The Labute approximate surface area is 305 Å². The maximum atomic E-state index is 6.50. The average molecular weight is 678 g/mol. The number of benzene rings is 9. The molecule has 0 unspecified atom stereocenters. The Morgan fingerprint density at radius 3 is 1.85 bits per heavy atom. The van der Waals surface area contributed by atoms with Crippen molar-refractivity contribution in [2.24, 2.45) is 0 Å². The Balaban J connectivity index is 1.10. The smallest absolute Gasteiger partial charge is 0.143 e. The normalized spacial score (nSPS) is 11.8. The first-order valence-electron chi connectivity index (χ1n) is 18.0. The van der Waals surface area contributed by atoms with Crippen LogP contribution in [0.25, 0.3) is 87.7 Å². The second-order valence-electron chi connectivity index (χ2n) is 13.7. The molecular weight excluding hydrogens is 647 g/mol. The van der Waals surface area contributed by atoms with Crippen LogP contribution in [0.4, 0.5) is 17.1 Å². The SMILES string of the molecule is c1ccc(N(c2ccc(-c3cccc4oc5ccccc5c34)cc2)c2cccc3ccccc23)c(-c2ccc3oc4c5ccccc5ccc4c3c2)c1. The van der Waals surface area contributed by atoms with E-state index in [4.69, 9.17) is 8.83 Å². The van der Waals surface area contributed by atoms with Gasteiger partial charge in [0.05, 0.1) is 11.4 Å². The molecule has 0 aliphatic heterocycles. The van der Waals surface area contributed by atoms with E-state index in [9.17, 15) is 0 Å². The van der Waals surface area contributed by atoms with Crippen molar-refractivity contribution in [3.8, 4) is 22.3 Å². The highest BCUT2D eigenvalue weighted by atomic mass is 16.3. The van der Waals surface area contributed by atoms with Crippen molar-refractivity contribution in [2.45, 2.75) is 0 Å². The Morgan fingerprint density at radius 2 is 0.962 bits per heavy atom. The lowest BCUT2D eigenvalue weighted by molar-refractivity contribution is 0.669. The van der Waals surface area contributed by atoms with Gasteiger partial charge < -0.3 is 13.7 Å². The third-order valence-electron chi connectivity index (χ3n) is 10.7. The van der Waals surface area contributed by atoms with Gasteiger partial charge in [0.1, 0.15) is 22.3 Å². The number of hydrogen-bond acceptors (Lipinski definition) is 3. The summed E-state index contributed by atoms with van der Waals surface area (Å²) in [6.45, 7) is 0. The molecule has 0 spiro atoms. The van der Waals surface area contributed by atoms with Crippen molar-refractivity contribution in [3.63, 3.8) is 0 Å². The molecular formula is C50H31NO2. The van der Waals surface area contributed by atoms with Crippen molar-refractivity contribution < 1.29 is 8.83 Å². The zero-order valence-electron chi connectivity index (χ0n) is 28.7. The zero-order chi connectivity index (χ0) is 34.9. The van der Waals surface area contributed by atoms with Gasteiger partial charge in [0.2, 0.25) is 0 Å². The maximum absolute atomic E-state index is 6.50. The Morgan fingerprint density at radius 1 is 0.340 bits per heavy atom. The number of anilines is 3. The van der Waals surface area contributed by atoms with Crippen molar-refractivity contribution in [3.05, 3.63) is 188 Å². The van der Waals surface area contributed by atoms with E-state index in [1.807, 2.05) is 12.1 Å². The van der Waals surface area contributed by atoms with E-state index >= 15 is 0 Å². The van der Waals surface area contributed by atoms with E-state index in [0.717, 1.165) is 88.6 Å². The first-order valence-corrected chi connectivity index (χ1v) is 18.0. The van der Waals surface area contributed by atoms with E-state index in [-0.39, 0.29) is 0 Å². The van der Waals surface area contributed by atoms with Crippen molar-refractivity contribution in [2.75, 3.05) is 4.90 Å². The van der Waals surface area contributed by atoms with Gasteiger partial charge in [-0.15, -0.1) is 0 Å². The van der Waals surface area contributed by atoms with Crippen LogP contribution in [0, 0.1) is 0 Å². The van der Waals surface area contributed by atoms with Crippen LogP contribution in [-0.4, -0.2) is 0 Å². The molecule has 248 valence electrons. The van der Waals surface area contributed by atoms with Gasteiger partial charge in [-0.2, -0.15) is 0 Å². The van der Waals surface area contributed by atoms with Crippen molar-refractivity contribution in [1.29, 1.82) is 0 Å². The largest absolute Gasteiger partial charge is 0.456 e. The Bertz CT molecular complexity index is 3180. The number of rotatable bonds is 5. The molecule has 0 amide bonds. The molecule has 9 aromatic carbocycles. The van der Waals surface area contributed by atoms with Crippen molar-refractivity contribution >= 4 is 82.5 Å². The minimum absolute atomic E-state index is 0.888. The van der Waals surface area contributed by atoms with E-state index in [1.54, 1.807) is 0 Å². The molecule has 3 nitrogen and oxygen atoms in total. The molecule has 0 atom stereocenters. The topological polar surface area (TPSA) is 29.5 Å². The monoisotopic (exact) mass is 677 g/mol. The minimum Gasteiger partial charge on any atom is -0.456 e. The first-order chi connectivity index (χ1) is 26.3. The first kappa shape index (κ1) is 29.6. The number of furan rings is 2. The van der Waals surface area contributed by atoms with Crippen LogP contribution in [0.2, 0.25) is 0 Å². The van der Waals surface area contributed by atoms with Crippen LogP contribution in [0.15, 0.2) is 197 Å². The Kier molecular flexibility index (Phi) is 6.55. The molecule has 11 rings (SSSR count). The fourth-order valence-corrected chi connectivity index (χ4v) is 8.20. The molecule has 0 aliphatic rings. The lowest BCUT2D eigenvalue weighted by Gasteiger charge is -2.29. The van der Waals surface area contributed by atoms with E-state index < -0.39 is 0 Å². The van der Waals surface area contributed by atoms with Crippen LogP contribution >= 0.6 is 0 Å². The number of nitrogens with zero attached hydrogens (tertiary/aromatic N) is 1. The number of fused-ring (bicyclic) bond motifs is 9. The molecule has 11 aromatic rings. The predicted octanol–water partition coefficient (Wildman–Crippen LogP) is 14.6. The summed E-state index contributed by atoms with van der Waals surface area (Å²) in [4.78, 5) is 2.40. The van der Waals surface area contributed by atoms with Gasteiger partial charge >= 0.3 is 0 Å². The third kappa shape index (κ3) is 4.68. The summed E-state index contributed by atoms with van der Waals surface area (Å²) in [5, 5.41) is 9.20. The minimum atomic E-state index is 0.888. The highest BCUT2D eigenvalue weighted by Gasteiger charge is 2.21. The molecule has 3 heteroatoms. The predicted molar refractivity (Wildman–Crippen MR) is 222 cm³/mol. The summed E-state index contributed by atoms with van der Waals surface area (Å²) in [5.41, 5.74) is 11.5. The molecule has 0 saturated heterocycles. The average Bonchev–Trinajstić information content (AvgIpc) is 3.80. The lowest BCUT2D eigenvalue weighted by atomic mass is 9.97. The van der Waals surface area contributed by atoms with Crippen LogP contribution in [0.3, 0.4) is 0 Å². The van der Waals surface area contributed by atoms with Crippen molar-refractivity contribution in [1.82, 2.24) is 0 Å². The van der Waals surface area contributed by atoms with E-state index in [0.29, 0.717) is 0 Å². The van der Waals surface area contributed by atoms with Gasteiger partial charge in [0.25, 0.3) is 0 Å². The molecule has 53 heavy (non-hydrogen) atoms.